The molecule has 1 aromatic carbocycles. The Labute approximate surface area is 96.2 Å². The van der Waals surface area contributed by atoms with Crippen LogP contribution in [0, 0.1) is 11.3 Å². The Bertz CT molecular complexity index is 376. The molecule has 0 bridgehead atoms. The van der Waals surface area contributed by atoms with E-state index in [4.69, 9.17) is 10.00 Å². The highest BCUT2D eigenvalue weighted by Gasteiger charge is 2.28. The van der Waals surface area contributed by atoms with Crippen molar-refractivity contribution < 1.29 is 4.74 Å². The minimum Gasteiger partial charge on any atom is -0.497 e. The molecule has 0 aliphatic heterocycles. The first-order valence-electron chi connectivity index (χ1n) is 5.57. The van der Waals surface area contributed by atoms with Crippen molar-refractivity contribution in [3.05, 3.63) is 29.8 Å². The highest BCUT2D eigenvalue weighted by molar-refractivity contribution is 5.27. The van der Waals surface area contributed by atoms with Gasteiger partial charge in [-0.1, -0.05) is 12.1 Å². The fourth-order valence-corrected chi connectivity index (χ4v) is 1.81. The van der Waals surface area contributed by atoms with Gasteiger partial charge in [0.25, 0.3) is 0 Å². The van der Waals surface area contributed by atoms with Crippen molar-refractivity contribution in [2.75, 3.05) is 13.7 Å². The first-order chi connectivity index (χ1) is 7.83. The van der Waals surface area contributed by atoms with Gasteiger partial charge in [-0.15, -0.1) is 0 Å². The van der Waals surface area contributed by atoms with Crippen molar-refractivity contribution in [2.24, 2.45) is 0 Å². The lowest BCUT2D eigenvalue weighted by atomic mass is 10.2. The summed E-state index contributed by atoms with van der Waals surface area (Å²) in [5.41, 5.74) is 1.24. The molecular formula is C13H16N2O. The number of nitrogens with zero attached hydrogens (tertiary/aromatic N) is 2. The smallest absolute Gasteiger partial charge is 0.118 e. The predicted octanol–water partition coefficient (Wildman–Crippen LogP) is 2.18. The van der Waals surface area contributed by atoms with Crippen molar-refractivity contribution in [3.63, 3.8) is 0 Å². The molecule has 0 aromatic heterocycles. The van der Waals surface area contributed by atoms with Gasteiger partial charge in [-0.2, -0.15) is 5.26 Å². The lowest BCUT2D eigenvalue weighted by molar-refractivity contribution is 0.287. The third kappa shape index (κ3) is 2.74. The highest BCUT2D eigenvalue weighted by Crippen LogP contribution is 2.28. The SMILES string of the molecule is COc1ccc(CN(CC#N)C2CC2)cc1. The summed E-state index contributed by atoms with van der Waals surface area (Å²) in [6.45, 7) is 1.39. The van der Waals surface area contributed by atoms with E-state index in [0.717, 1.165) is 12.3 Å². The average molecular weight is 216 g/mol. The van der Waals surface area contributed by atoms with Gasteiger partial charge in [0.05, 0.1) is 19.7 Å². The molecule has 1 saturated carbocycles. The number of nitriles is 1. The van der Waals surface area contributed by atoms with E-state index in [9.17, 15) is 0 Å². The zero-order valence-corrected chi connectivity index (χ0v) is 9.52. The van der Waals surface area contributed by atoms with Crippen LogP contribution in [0.25, 0.3) is 0 Å². The Morgan fingerprint density at radius 2 is 2.06 bits per heavy atom. The topological polar surface area (TPSA) is 36.3 Å². The monoisotopic (exact) mass is 216 g/mol. The zero-order chi connectivity index (χ0) is 11.4. The van der Waals surface area contributed by atoms with Crippen LogP contribution >= 0.6 is 0 Å². The van der Waals surface area contributed by atoms with E-state index < -0.39 is 0 Å². The van der Waals surface area contributed by atoms with E-state index in [1.165, 1.54) is 18.4 Å². The maximum Gasteiger partial charge on any atom is 0.118 e. The molecule has 0 radical (unpaired) electrons. The molecule has 1 aromatic rings. The molecule has 0 N–H and O–H groups in total. The Hall–Kier alpha value is -1.53. The van der Waals surface area contributed by atoms with Crippen LogP contribution < -0.4 is 4.74 Å². The molecular weight excluding hydrogens is 200 g/mol. The highest BCUT2D eigenvalue weighted by atomic mass is 16.5. The normalized spacial score (nSPS) is 14.8. The summed E-state index contributed by atoms with van der Waals surface area (Å²) in [7, 11) is 1.67. The van der Waals surface area contributed by atoms with Crippen LogP contribution in [0.2, 0.25) is 0 Å². The number of hydrogen-bond acceptors (Lipinski definition) is 3. The van der Waals surface area contributed by atoms with Crippen molar-refractivity contribution in [1.82, 2.24) is 4.90 Å². The Morgan fingerprint density at radius 3 is 2.56 bits per heavy atom. The summed E-state index contributed by atoms with van der Waals surface area (Å²) in [6, 6.07) is 10.9. The maximum atomic E-state index is 8.76. The van der Waals surface area contributed by atoms with E-state index in [-0.39, 0.29) is 0 Å². The average Bonchev–Trinajstić information content (AvgIpc) is 3.13. The first kappa shape index (κ1) is 11.0. The molecule has 2 rings (SSSR count). The first-order valence-corrected chi connectivity index (χ1v) is 5.57. The summed E-state index contributed by atoms with van der Waals surface area (Å²) >= 11 is 0. The molecule has 1 aliphatic carbocycles. The predicted molar refractivity (Wildman–Crippen MR) is 62.0 cm³/mol. The zero-order valence-electron chi connectivity index (χ0n) is 9.52. The van der Waals surface area contributed by atoms with Gasteiger partial charge in [0.15, 0.2) is 0 Å². The third-order valence-corrected chi connectivity index (χ3v) is 2.88. The molecule has 16 heavy (non-hydrogen) atoms. The van der Waals surface area contributed by atoms with E-state index in [1.54, 1.807) is 7.11 Å². The van der Waals surface area contributed by atoms with Gasteiger partial charge in [0, 0.05) is 12.6 Å². The molecule has 1 fully saturated rings. The second-order valence-corrected chi connectivity index (χ2v) is 4.14. The largest absolute Gasteiger partial charge is 0.497 e. The summed E-state index contributed by atoms with van der Waals surface area (Å²) < 4.78 is 5.12. The summed E-state index contributed by atoms with van der Waals surface area (Å²) in [5.74, 6) is 0.877. The molecule has 0 atom stereocenters. The van der Waals surface area contributed by atoms with Crippen molar-refractivity contribution in [2.45, 2.75) is 25.4 Å². The van der Waals surface area contributed by atoms with Crippen LogP contribution in [-0.4, -0.2) is 24.6 Å². The maximum absolute atomic E-state index is 8.76. The summed E-state index contributed by atoms with van der Waals surface area (Å²) in [4.78, 5) is 2.24. The van der Waals surface area contributed by atoms with Gasteiger partial charge in [-0.05, 0) is 30.5 Å². The quantitative estimate of drug-likeness (QED) is 0.708. The molecule has 1 aliphatic rings. The summed E-state index contributed by atoms with van der Waals surface area (Å²) in [5, 5.41) is 8.76. The van der Waals surface area contributed by atoms with Crippen LogP contribution in [0.1, 0.15) is 18.4 Å². The Morgan fingerprint density at radius 1 is 1.38 bits per heavy atom. The molecule has 3 nitrogen and oxygen atoms in total. The van der Waals surface area contributed by atoms with Gasteiger partial charge in [-0.25, -0.2) is 0 Å². The number of rotatable bonds is 5. The van der Waals surface area contributed by atoms with E-state index in [2.05, 4.69) is 23.1 Å². The van der Waals surface area contributed by atoms with Crippen molar-refractivity contribution >= 4 is 0 Å². The fourth-order valence-electron chi connectivity index (χ4n) is 1.81. The van der Waals surface area contributed by atoms with E-state index in [0.29, 0.717) is 12.6 Å². The molecule has 0 heterocycles. The van der Waals surface area contributed by atoms with E-state index in [1.807, 2.05) is 12.1 Å². The number of ether oxygens (including phenoxy) is 1. The third-order valence-electron chi connectivity index (χ3n) is 2.88. The number of hydrogen-bond donors (Lipinski definition) is 0. The summed E-state index contributed by atoms with van der Waals surface area (Å²) in [6.07, 6.45) is 2.47. The van der Waals surface area contributed by atoms with Gasteiger partial charge < -0.3 is 4.74 Å². The van der Waals surface area contributed by atoms with Crippen LogP contribution in [0.5, 0.6) is 5.75 Å². The molecule has 84 valence electrons. The lowest BCUT2D eigenvalue weighted by Gasteiger charge is -2.18. The Balaban J connectivity index is 1.98. The molecule has 0 unspecified atom stereocenters. The molecule has 0 spiro atoms. The van der Waals surface area contributed by atoms with Gasteiger partial charge in [0.2, 0.25) is 0 Å². The number of methoxy groups -OCH3 is 1. The van der Waals surface area contributed by atoms with E-state index >= 15 is 0 Å². The molecule has 3 heteroatoms. The van der Waals surface area contributed by atoms with Crippen LogP contribution in [0.4, 0.5) is 0 Å². The van der Waals surface area contributed by atoms with Gasteiger partial charge in [-0.3, -0.25) is 4.90 Å². The van der Waals surface area contributed by atoms with Crippen LogP contribution in [0.3, 0.4) is 0 Å². The molecule has 0 saturated heterocycles. The Kier molecular flexibility index (Phi) is 3.43. The second kappa shape index (κ2) is 5.00. The second-order valence-electron chi connectivity index (χ2n) is 4.14. The minimum atomic E-state index is 0.524. The fraction of sp³-hybridized carbons (Fsp3) is 0.462. The number of benzene rings is 1. The molecule has 0 amide bonds. The van der Waals surface area contributed by atoms with Crippen molar-refractivity contribution in [3.8, 4) is 11.8 Å². The van der Waals surface area contributed by atoms with Gasteiger partial charge >= 0.3 is 0 Å². The lowest BCUT2D eigenvalue weighted by Crippen LogP contribution is -2.25. The van der Waals surface area contributed by atoms with Crippen LogP contribution in [-0.2, 0) is 6.54 Å². The standard InChI is InChI=1S/C13H16N2O/c1-16-13-6-2-11(3-7-13)10-15(9-8-14)12-4-5-12/h2-3,6-7,12H,4-5,9-10H2,1H3. The van der Waals surface area contributed by atoms with Crippen molar-refractivity contribution in [1.29, 1.82) is 5.26 Å². The minimum absolute atomic E-state index is 0.524. The van der Waals surface area contributed by atoms with Crippen LogP contribution in [0.15, 0.2) is 24.3 Å². The van der Waals surface area contributed by atoms with Gasteiger partial charge in [0.1, 0.15) is 5.75 Å².